The van der Waals surface area contributed by atoms with Crippen LogP contribution in [0, 0.1) is 0 Å². The zero-order valence-electron chi connectivity index (χ0n) is 11.5. The number of thiophene rings is 1. The summed E-state index contributed by atoms with van der Waals surface area (Å²) in [7, 11) is 2.28. The van der Waals surface area contributed by atoms with Crippen LogP contribution in [0.3, 0.4) is 0 Å². The molecule has 0 aliphatic heterocycles. The van der Waals surface area contributed by atoms with Crippen molar-refractivity contribution in [2.75, 3.05) is 13.6 Å². The van der Waals surface area contributed by atoms with Gasteiger partial charge in [-0.2, -0.15) is 0 Å². The summed E-state index contributed by atoms with van der Waals surface area (Å²) in [6.45, 7) is 3.47. The van der Waals surface area contributed by atoms with Crippen molar-refractivity contribution in [3.63, 3.8) is 0 Å². The van der Waals surface area contributed by atoms with Gasteiger partial charge < -0.3 is 5.32 Å². The number of rotatable bonds is 5. The number of likely N-dealkylation sites (N-methyl/N-ethyl adjacent to an activating group) is 1. The lowest BCUT2D eigenvalue weighted by Gasteiger charge is -2.29. The lowest BCUT2D eigenvalue weighted by Crippen LogP contribution is -2.40. The molecule has 100 valence electrons. The summed E-state index contributed by atoms with van der Waals surface area (Å²) in [6.07, 6.45) is 6.75. The molecular formula is C15H24N2S. The summed E-state index contributed by atoms with van der Waals surface area (Å²) in [5.74, 6) is 0. The highest BCUT2D eigenvalue weighted by atomic mass is 32.1. The SMILES string of the molecule is CC(CNC1CCCc2sccc21)N(C)C1CC1. The van der Waals surface area contributed by atoms with E-state index < -0.39 is 0 Å². The average Bonchev–Trinajstić information content (AvgIpc) is 3.12. The molecule has 0 bridgehead atoms. The van der Waals surface area contributed by atoms with Crippen molar-refractivity contribution in [1.29, 1.82) is 0 Å². The molecule has 2 unspecified atom stereocenters. The predicted molar refractivity (Wildman–Crippen MR) is 78.2 cm³/mol. The second-order valence-electron chi connectivity index (χ2n) is 5.90. The first-order chi connectivity index (χ1) is 8.75. The maximum absolute atomic E-state index is 3.79. The van der Waals surface area contributed by atoms with E-state index in [1.54, 1.807) is 10.4 Å². The Balaban J connectivity index is 1.54. The van der Waals surface area contributed by atoms with Crippen LogP contribution < -0.4 is 5.32 Å². The molecule has 1 N–H and O–H groups in total. The predicted octanol–water partition coefficient (Wildman–Crippen LogP) is 3.20. The fourth-order valence-electron chi connectivity index (χ4n) is 3.00. The summed E-state index contributed by atoms with van der Waals surface area (Å²) in [6, 6.07) is 4.45. The van der Waals surface area contributed by atoms with E-state index in [-0.39, 0.29) is 0 Å². The number of fused-ring (bicyclic) bond motifs is 1. The molecule has 3 rings (SSSR count). The molecule has 0 saturated heterocycles. The van der Waals surface area contributed by atoms with Crippen LogP contribution in [0.2, 0.25) is 0 Å². The van der Waals surface area contributed by atoms with Crippen molar-refractivity contribution in [2.24, 2.45) is 0 Å². The molecule has 2 aliphatic carbocycles. The van der Waals surface area contributed by atoms with E-state index in [9.17, 15) is 0 Å². The summed E-state index contributed by atoms with van der Waals surface area (Å²) >= 11 is 1.93. The van der Waals surface area contributed by atoms with E-state index >= 15 is 0 Å². The lowest BCUT2D eigenvalue weighted by atomic mass is 9.94. The molecule has 1 heterocycles. The van der Waals surface area contributed by atoms with Crippen LogP contribution in [0.15, 0.2) is 11.4 Å². The summed E-state index contributed by atoms with van der Waals surface area (Å²) in [5, 5.41) is 6.05. The molecule has 0 radical (unpaired) electrons. The summed E-state index contributed by atoms with van der Waals surface area (Å²) < 4.78 is 0. The maximum Gasteiger partial charge on any atom is 0.0332 e. The average molecular weight is 264 g/mol. The van der Waals surface area contributed by atoms with Gasteiger partial charge in [-0.15, -0.1) is 11.3 Å². The Kier molecular flexibility index (Phi) is 3.73. The third-order valence-electron chi connectivity index (χ3n) is 4.53. The lowest BCUT2D eigenvalue weighted by molar-refractivity contribution is 0.233. The molecule has 2 atom stereocenters. The van der Waals surface area contributed by atoms with Gasteiger partial charge in [-0.3, -0.25) is 4.90 Å². The number of nitrogens with one attached hydrogen (secondary N) is 1. The third-order valence-corrected chi connectivity index (χ3v) is 5.53. The first kappa shape index (κ1) is 12.6. The first-order valence-electron chi connectivity index (χ1n) is 7.27. The first-order valence-corrected chi connectivity index (χ1v) is 8.15. The Labute approximate surface area is 114 Å². The van der Waals surface area contributed by atoms with Crippen LogP contribution in [0.25, 0.3) is 0 Å². The van der Waals surface area contributed by atoms with Crippen LogP contribution in [-0.4, -0.2) is 30.6 Å². The van der Waals surface area contributed by atoms with Gasteiger partial charge >= 0.3 is 0 Å². The van der Waals surface area contributed by atoms with Gasteiger partial charge in [-0.05, 0) is 63.1 Å². The van der Waals surface area contributed by atoms with Gasteiger partial charge in [0.2, 0.25) is 0 Å². The van der Waals surface area contributed by atoms with Crippen LogP contribution in [0.5, 0.6) is 0 Å². The van der Waals surface area contributed by atoms with E-state index in [0.29, 0.717) is 12.1 Å². The monoisotopic (exact) mass is 264 g/mol. The fraction of sp³-hybridized carbons (Fsp3) is 0.733. The Morgan fingerprint density at radius 3 is 3.06 bits per heavy atom. The molecule has 1 aromatic rings. The van der Waals surface area contributed by atoms with Gasteiger partial charge in [0.05, 0.1) is 0 Å². The van der Waals surface area contributed by atoms with Gasteiger partial charge in [0, 0.05) is 29.5 Å². The van der Waals surface area contributed by atoms with E-state index in [1.807, 2.05) is 11.3 Å². The maximum atomic E-state index is 3.79. The molecule has 2 nitrogen and oxygen atoms in total. The molecule has 2 aliphatic rings. The molecule has 0 aromatic carbocycles. The van der Waals surface area contributed by atoms with E-state index in [4.69, 9.17) is 0 Å². The van der Waals surface area contributed by atoms with Gasteiger partial charge in [0.1, 0.15) is 0 Å². The normalized spacial score (nSPS) is 25.2. The van der Waals surface area contributed by atoms with Gasteiger partial charge in [-0.1, -0.05) is 0 Å². The van der Waals surface area contributed by atoms with E-state index in [1.165, 1.54) is 32.1 Å². The zero-order valence-corrected chi connectivity index (χ0v) is 12.3. The Morgan fingerprint density at radius 2 is 2.28 bits per heavy atom. The van der Waals surface area contributed by atoms with Crippen LogP contribution in [0.1, 0.15) is 49.1 Å². The largest absolute Gasteiger partial charge is 0.308 e. The zero-order chi connectivity index (χ0) is 12.5. The highest BCUT2D eigenvalue weighted by molar-refractivity contribution is 7.10. The summed E-state index contributed by atoms with van der Waals surface area (Å²) in [5.41, 5.74) is 1.58. The Bertz CT molecular complexity index is 397. The van der Waals surface area contributed by atoms with Crippen LogP contribution in [0.4, 0.5) is 0 Å². The molecule has 3 heteroatoms. The van der Waals surface area contributed by atoms with E-state index in [0.717, 1.165) is 12.6 Å². The highest BCUT2D eigenvalue weighted by Crippen LogP contribution is 2.33. The molecular weight excluding hydrogens is 240 g/mol. The molecule has 1 fully saturated rings. The van der Waals surface area contributed by atoms with Crippen molar-refractivity contribution in [3.05, 3.63) is 21.9 Å². The second kappa shape index (κ2) is 5.32. The van der Waals surface area contributed by atoms with Crippen molar-refractivity contribution in [2.45, 2.75) is 57.2 Å². The quantitative estimate of drug-likeness (QED) is 0.878. The minimum Gasteiger partial charge on any atom is -0.308 e. The third kappa shape index (κ3) is 2.63. The van der Waals surface area contributed by atoms with Crippen LogP contribution >= 0.6 is 11.3 Å². The smallest absolute Gasteiger partial charge is 0.0332 e. The van der Waals surface area contributed by atoms with Crippen molar-refractivity contribution in [1.82, 2.24) is 10.2 Å². The van der Waals surface area contributed by atoms with Crippen LogP contribution in [-0.2, 0) is 6.42 Å². The van der Waals surface area contributed by atoms with Crippen molar-refractivity contribution in [3.8, 4) is 0 Å². The molecule has 0 amide bonds. The number of hydrogen-bond donors (Lipinski definition) is 1. The minimum atomic E-state index is 0.607. The van der Waals surface area contributed by atoms with Crippen molar-refractivity contribution >= 4 is 11.3 Å². The van der Waals surface area contributed by atoms with E-state index in [2.05, 4.69) is 35.6 Å². The second-order valence-corrected chi connectivity index (χ2v) is 6.90. The molecule has 1 saturated carbocycles. The van der Waals surface area contributed by atoms with Gasteiger partial charge in [0.15, 0.2) is 0 Å². The standard InChI is InChI=1S/C15H24N2S/c1-11(17(2)12-6-7-12)10-16-14-4-3-5-15-13(14)8-9-18-15/h8-9,11-12,14,16H,3-7,10H2,1-2H3. The number of aryl methyl sites for hydroxylation is 1. The Morgan fingerprint density at radius 1 is 1.44 bits per heavy atom. The van der Waals surface area contributed by atoms with Crippen molar-refractivity contribution < 1.29 is 0 Å². The molecule has 1 aromatic heterocycles. The number of hydrogen-bond acceptors (Lipinski definition) is 3. The Hall–Kier alpha value is -0.380. The molecule has 0 spiro atoms. The van der Waals surface area contributed by atoms with Gasteiger partial charge in [-0.25, -0.2) is 0 Å². The highest BCUT2D eigenvalue weighted by Gasteiger charge is 2.29. The topological polar surface area (TPSA) is 15.3 Å². The summed E-state index contributed by atoms with van der Waals surface area (Å²) in [4.78, 5) is 4.16. The molecule has 18 heavy (non-hydrogen) atoms. The number of nitrogens with zero attached hydrogens (tertiary/aromatic N) is 1. The minimum absolute atomic E-state index is 0.607. The fourth-order valence-corrected chi connectivity index (χ4v) is 3.98. The van der Waals surface area contributed by atoms with Gasteiger partial charge in [0.25, 0.3) is 0 Å².